The minimum Gasteiger partial charge on any atom is -0.478 e. The lowest BCUT2D eigenvalue weighted by Gasteiger charge is -2.30. The Bertz CT molecular complexity index is 1770. The average Bonchev–Trinajstić information content (AvgIpc) is 3.33. The standard InChI is InChI=1S/C30H32F3N7O3S/c1-39-17-12-22(13-18-39)37-26-6-3-7-27-25(26)19-23(40(27)20-30(31,32)33)5-4-14-34-21-8-10-24(11-9-21)44(41,42)38-28-29(43-2)36-16-15-35-28/h3,6-11,15-16,19,22,34,37H,12-14,17-18,20H2,1-2H3,(H,35,38). The molecule has 0 bridgehead atoms. The maximum absolute atomic E-state index is 13.6. The Morgan fingerprint density at radius 2 is 1.80 bits per heavy atom. The number of nitrogens with one attached hydrogen (secondary N) is 3. The van der Waals surface area contributed by atoms with Crippen molar-refractivity contribution in [2.24, 2.45) is 0 Å². The van der Waals surface area contributed by atoms with E-state index in [9.17, 15) is 21.6 Å². The van der Waals surface area contributed by atoms with E-state index in [-0.39, 0.29) is 34.9 Å². The molecule has 0 amide bonds. The Hall–Kier alpha value is -4.48. The summed E-state index contributed by atoms with van der Waals surface area (Å²) in [6.45, 7) is 0.880. The summed E-state index contributed by atoms with van der Waals surface area (Å²) in [6.07, 6.45) is 0.195. The first-order valence-corrected chi connectivity index (χ1v) is 15.4. The van der Waals surface area contributed by atoms with Gasteiger partial charge in [-0.3, -0.25) is 4.72 Å². The summed E-state index contributed by atoms with van der Waals surface area (Å²) < 4.78 is 74.8. The summed E-state index contributed by atoms with van der Waals surface area (Å²) in [7, 11) is -0.533. The summed E-state index contributed by atoms with van der Waals surface area (Å²) >= 11 is 0. The third-order valence-corrected chi connectivity index (χ3v) is 8.57. The maximum atomic E-state index is 13.6. The van der Waals surface area contributed by atoms with E-state index in [0.717, 1.165) is 31.6 Å². The van der Waals surface area contributed by atoms with Crippen LogP contribution in [-0.2, 0) is 16.6 Å². The number of methoxy groups -OCH3 is 1. The van der Waals surface area contributed by atoms with Crippen molar-refractivity contribution in [2.45, 2.75) is 36.5 Å². The van der Waals surface area contributed by atoms with Crippen LogP contribution in [0.5, 0.6) is 5.88 Å². The van der Waals surface area contributed by atoms with Gasteiger partial charge in [-0.25, -0.2) is 18.4 Å². The SMILES string of the molecule is COc1nccnc1NS(=O)(=O)c1ccc(NCC#Cc2cc3c(NC4CCN(C)CC4)cccc3n2CC(F)(F)F)cc1. The molecule has 1 saturated heterocycles. The highest BCUT2D eigenvalue weighted by Crippen LogP contribution is 2.31. The van der Waals surface area contributed by atoms with Gasteiger partial charge < -0.3 is 24.8 Å². The summed E-state index contributed by atoms with van der Waals surface area (Å²) in [4.78, 5) is 10.1. The smallest absolute Gasteiger partial charge is 0.406 e. The highest BCUT2D eigenvalue weighted by atomic mass is 32.2. The number of piperidine rings is 1. The first kappa shape index (κ1) is 31.0. The fourth-order valence-corrected chi connectivity index (χ4v) is 6.01. The van der Waals surface area contributed by atoms with Gasteiger partial charge in [0.15, 0.2) is 0 Å². The van der Waals surface area contributed by atoms with Gasteiger partial charge in [0.2, 0.25) is 5.82 Å². The molecule has 2 aromatic heterocycles. The molecule has 2 aromatic carbocycles. The number of nitrogens with zero attached hydrogens (tertiary/aromatic N) is 4. The van der Waals surface area contributed by atoms with Crippen molar-refractivity contribution in [3.8, 4) is 17.7 Å². The lowest BCUT2D eigenvalue weighted by molar-refractivity contribution is -0.140. The molecule has 0 saturated carbocycles. The molecule has 1 fully saturated rings. The number of fused-ring (bicyclic) bond motifs is 1. The molecule has 14 heteroatoms. The summed E-state index contributed by atoms with van der Waals surface area (Å²) in [6, 6.07) is 13.2. The van der Waals surface area contributed by atoms with E-state index >= 15 is 0 Å². The second-order valence-electron chi connectivity index (χ2n) is 10.4. The number of ether oxygens (including phenoxy) is 1. The molecule has 0 unspecified atom stereocenters. The van der Waals surface area contributed by atoms with E-state index < -0.39 is 22.7 Å². The molecule has 0 spiro atoms. The Labute approximate surface area is 253 Å². The van der Waals surface area contributed by atoms with Crippen LogP contribution in [0.3, 0.4) is 0 Å². The summed E-state index contributed by atoms with van der Waals surface area (Å²) in [5.41, 5.74) is 2.09. The van der Waals surface area contributed by atoms with E-state index in [0.29, 0.717) is 16.6 Å². The zero-order valence-corrected chi connectivity index (χ0v) is 25.0. The predicted molar refractivity (Wildman–Crippen MR) is 163 cm³/mol. The third-order valence-electron chi connectivity index (χ3n) is 7.21. The van der Waals surface area contributed by atoms with Crippen molar-refractivity contribution < 1.29 is 26.3 Å². The van der Waals surface area contributed by atoms with E-state index in [2.05, 4.69) is 49.1 Å². The van der Waals surface area contributed by atoms with E-state index in [1.165, 1.54) is 36.2 Å². The van der Waals surface area contributed by atoms with Crippen LogP contribution in [0, 0.1) is 11.8 Å². The zero-order chi connectivity index (χ0) is 31.3. The number of benzene rings is 2. The van der Waals surface area contributed by atoms with Gasteiger partial charge in [0.1, 0.15) is 6.54 Å². The van der Waals surface area contributed by atoms with Crippen LogP contribution < -0.4 is 20.1 Å². The molecule has 1 aliphatic rings. The number of halogens is 3. The third kappa shape index (κ3) is 7.53. The molecule has 44 heavy (non-hydrogen) atoms. The molecule has 0 radical (unpaired) electrons. The molecule has 0 aliphatic carbocycles. The van der Waals surface area contributed by atoms with Gasteiger partial charge in [0, 0.05) is 35.2 Å². The van der Waals surface area contributed by atoms with E-state index in [4.69, 9.17) is 4.74 Å². The molecule has 0 atom stereocenters. The predicted octanol–water partition coefficient (Wildman–Crippen LogP) is 4.77. The van der Waals surface area contributed by atoms with Crippen molar-refractivity contribution in [1.29, 1.82) is 0 Å². The van der Waals surface area contributed by atoms with Gasteiger partial charge in [-0.2, -0.15) is 13.2 Å². The van der Waals surface area contributed by atoms with Crippen LogP contribution >= 0.6 is 0 Å². The Balaban J connectivity index is 1.30. The molecular formula is C30H32F3N7O3S. The number of likely N-dealkylation sites (tertiary alicyclic amines) is 1. The monoisotopic (exact) mass is 627 g/mol. The fraction of sp³-hybridized carbons (Fsp3) is 0.333. The quantitative estimate of drug-likeness (QED) is 0.228. The fourth-order valence-electron chi connectivity index (χ4n) is 5.00. The van der Waals surface area contributed by atoms with Crippen LogP contribution in [0.25, 0.3) is 10.9 Å². The van der Waals surface area contributed by atoms with E-state index in [1.807, 2.05) is 6.07 Å². The molecule has 3 N–H and O–H groups in total. The Morgan fingerprint density at radius 3 is 2.50 bits per heavy atom. The van der Waals surface area contributed by atoms with Crippen molar-refractivity contribution in [3.05, 3.63) is 66.6 Å². The summed E-state index contributed by atoms with van der Waals surface area (Å²) in [5, 5.41) is 7.27. The number of aromatic nitrogens is 3. The van der Waals surface area contributed by atoms with Crippen LogP contribution in [0.4, 0.5) is 30.4 Å². The molecule has 5 rings (SSSR count). The van der Waals surface area contributed by atoms with Crippen molar-refractivity contribution in [3.63, 3.8) is 0 Å². The van der Waals surface area contributed by atoms with Gasteiger partial charge in [-0.05, 0) is 81.4 Å². The largest absolute Gasteiger partial charge is 0.478 e. The maximum Gasteiger partial charge on any atom is 0.406 e. The number of anilines is 3. The first-order valence-electron chi connectivity index (χ1n) is 13.9. The van der Waals surface area contributed by atoms with Crippen molar-refractivity contribution in [1.82, 2.24) is 19.4 Å². The molecule has 1 aliphatic heterocycles. The molecule has 4 aromatic rings. The number of alkyl halides is 3. The normalized spacial score (nSPS) is 14.6. The highest BCUT2D eigenvalue weighted by Gasteiger charge is 2.30. The van der Waals surface area contributed by atoms with Gasteiger partial charge >= 0.3 is 6.18 Å². The van der Waals surface area contributed by atoms with E-state index in [1.54, 1.807) is 30.3 Å². The summed E-state index contributed by atoms with van der Waals surface area (Å²) in [5.74, 6) is 5.78. The van der Waals surface area contributed by atoms with Gasteiger partial charge in [0.05, 0.1) is 29.8 Å². The van der Waals surface area contributed by atoms with Crippen molar-refractivity contribution in [2.75, 3.05) is 49.1 Å². The average molecular weight is 628 g/mol. The highest BCUT2D eigenvalue weighted by molar-refractivity contribution is 7.92. The topological polar surface area (TPSA) is 113 Å². The van der Waals surface area contributed by atoms with Crippen LogP contribution in [0.15, 0.2) is 65.8 Å². The lowest BCUT2D eigenvalue weighted by Crippen LogP contribution is -2.36. The number of sulfonamides is 1. The van der Waals surface area contributed by atoms with Gasteiger partial charge in [0.25, 0.3) is 15.9 Å². The second-order valence-corrected chi connectivity index (χ2v) is 12.1. The minimum atomic E-state index is -4.42. The first-order chi connectivity index (χ1) is 21.0. The molecule has 3 heterocycles. The van der Waals surface area contributed by atoms with Crippen LogP contribution in [0.1, 0.15) is 18.5 Å². The van der Waals surface area contributed by atoms with Gasteiger partial charge in [-0.15, -0.1) is 0 Å². The minimum absolute atomic E-state index is 0.0110. The second kappa shape index (κ2) is 13.0. The number of rotatable bonds is 9. The number of hydrogen-bond acceptors (Lipinski definition) is 8. The van der Waals surface area contributed by atoms with Crippen LogP contribution in [0.2, 0.25) is 0 Å². The zero-order valence-electron chi connectivity index (χ0n) is 24.1. The Morgan fingerprint density at radius 1 is 1.07 bits per heavy atom. The number of hydrogen-bond donors (Lipinski definition) is 3. The van der Waals surface area contributed by atoms with Crippen molar-refractivity contribution >= 4 is 38.1 Å². The molecule has 232 valence electrons. The Kier molecular flexibility index (Phi) is 9.17. The lowest BCUT2D eigenvalue weighted by atomic mass is 10.0. The molecular weight excluding hydrogens is 595 g/mol. The van der Waals surface area contributed by atoms with Crippen LogP contribution in [-0.4, -0.2) is 73.9 Å². The molecule has 10 nitrogen and oxygen atoms in total. The van der Waals surface area contributed by atoms with Gasteiger partial charge in [-0.1, -0.05) is 12.0 Å².